The Morgan fingerprint density at radius 2 is 1.07 bits per heavy atom. The van der Waals surface area contributed by atoms with E-state index in [9.17, 15) is 33.9 Å². The third-order valence-electron chi connectivity index (χ3n) is 6.49. The second-order valence-corrected chi connectivity index (χ2v) is 10.1. The molecule has 4 rings (SSSR count). The largest absolute Gasteiger partial charge is 0.478 e. The van der Waals surface area contributed by atoms with E-state index in [0.29, 0.717) is 22.4 Å². The van der Waals surface area contributed by atoms with Crippen LogP contribution in [0.3, 0.4) is 0 Å². The van der Waals surface area contributed by atoms with Gasteiger partial charge in [-0.25, -0.2) is 14.4 Å². The number of nitrogens with one attached hydrogen (secondary N) is 3. The summed E-state index contributed by atoms with van der Waals surface area (Å²) in [5.74, 6) is -6.39. The van der Waals surface area contributed by atoms with E-state index in [1.54, 1.807) is 68.4 Å². The predicted molar refractivity (Wildman–Crippen MR) is 165 cm³/mol. The molecule has 3 amide bonds. The number of benzene rings is 4. The van der Waals surface area contributed by atoms with Crippen LogP contribution in [0.1, 0.15) is 52.6 Å². The van der Waals surface area contributed by atoms with E-state index in [4.69, 9.17) is 9.47 Å². The van der Waals surface area contributed by atoms with Crippen molar-refractivity contribution in [2.24, 2.45) is 0 Å². The van der Waals surface area contributed by atoms with E-state index < -0.39 is 41.9 Å². The van der Waals surface area contributed by atoms with Crippen LogP contribution in [-0.2, 0) is 19.1 Å². The summed E-state index contributed by atoms with van der Waals surface area (Å²) in [6.07, 6.45) is -4.50. The second kappa shape index (κ2) is 14.9. The fraction of sp³-hybridized carbons (Fsp3) is 0.118. The van der Waals surface area contributed by atoms with Crippen LogP contribution in [0.4, 0.5) is 5.69 Å². The van der Waals surface area contributed by atoms with Crippen molar-refractivity contribution < 1.29 is 43.3 Å². The molecule has 12 nitrogen and oxygen atoms in total. The summed E-state index contributed by atoms with van der Waals surface area (Å²) in [6.45, 7) is 3.42. The molecule has 4 aromatic carbocycles. The minimum atomic E-state index is -2.29. The second-order valence-electron chi connectivity index (χ2n) is 10.1. The van der Waals surface area contributed by atoms with Gasteiger partial charge in [-0.3, -0.25) is 25.2 Å². The fourth-order valence-electron chi connectivity index (χ4n) is 4.16. The molecule has 0 saturated heterocycles. The third-order valence-corrected chi connectivity index (χ3v) is 6.49. The highest BCUT2D eigenvalue weighted by atomic mass is 16.6. The minimum absolute atomic E-state index is 0.00660. The number of anilines is 1. The molecule has 0 saturated carbocycles. The lowest BCUT2D eigenvalue weighted by molar-refractivity contribution is -0.159. The van der Waals surface area contributed by atoms with Gasteiger partial charge < -0.3 is 19.9 Å². The maximum atomic E-state index is 13.2. The van der Waals surface area contributed by atoms with Crippen molar-refractivity contribution in [3.63, 3.8) is 0 Å². The lowest BCUT2D eigenvalue weighted by Crippen LogP contribution is -2.54. The molecule has 0 radical (unpaired) electrons. The molecule has 0 aromatic heterocycles. The van der Waals surface area contributed by atoms with Gasteiger partial charge >= 0.3 is 17.9 Å². The normalized spacial score (nSPS) is 11.7. The van der Waals surface area contributed by atoms with E-state index >= 15 is 0 Å². The molecule has 4 N–H and O–H groups in total. The van der Waals surface area contributed by atoms with Crippen molar-refractivity contribution in [1.29, 1.82) is 0 Å². The Labute approximate surface area is 263 Å². The van der Waals surface area contributed by atoms with Gasteiger partial charge in [0.15, 0.2) is 0 Å². The Morgan fingerprint density at radius 1 is 0.565 bits per heavy atom. The standard InChI is InChI=1S/C34H29N3O9/c1-20-8-6-12-24(18-20)33(43)45-27(28(32(41)42)46-34(44)25-13-7-9-21(2)19-25)31(40)37-36-30(39)23-14-16-26(17-15-23)35-29(38)22-10-4-3-5-11-22/h3-19,27-28H,1-2H3,(H,35,38)(H,36,39)(H,37,40)(H,41,42)/t27-,28-/m0/s1. The zero-order valence-corrected chi connectivity index (χ0v) is 24.7. The van der Waals surface area contributed by atoms with Crippen LogP contribution in [0.2, 0.25) is 0 Å². The van der Waals surface area contributed by atoms with E-state index in [0.717, 1.165) is 0 Å². The first-order valence-electron chi connectivity index (χ1n) is 13.9. The van der Waals surface area contributed by atoms with Crippen LogP contribution >= 0.6 is 0 Å². The number of rotatable bonds is 10. The first-order chi connectivity index (χ1) is 22.0. The number of hydrazine groups is 1. The Bertz CT molecular complexity index is 1770. The number of aliphatic carboxylic acids is 1. The topological polar surface area (TPSA) is 177 Å². The highest BCUT2D eigenvalue weighted by Gasteiger charge is 2.41. The molecule has 46 heavy (non-hydrogen) atoms. The monoisotopic (exact) mass is 623 g/mol. The molecule has 0 aliphatic carbocycles. The predicted octanol–water partition coefficient (Wildman–Crippen LogP) is 3.85. The van der Waals surface area contributed by atoms with Crippen LogP contribution in [0.15, 0.2) is 103 Å². The lowest BCUT2D eigenvalue weighted by atomic mass is 10.1. The van der Waals surface area contributed by atoms with Crippen molar-refractivity contribution in [2.75, 3.05) is 5.32 Å². The lowest BCUT2D eigenvalue weighted by Gasteiger charge is -2.23. The molecule has 12 heteroatoms. The average Bonchev–Trinajstić information content (AvgIpc) is 3.05. The van der Waals surface area contributed by atoms with E-state index in [2.05, 4.69) is 10.7 Å². The van der Waals surface area contributed by atoms with E-state index in [-0.39, 0.29) is 22.6 Å². The highest BCUT2D eigenvalue weighted by molar-refractivity contribution is 6.04. The molecular weight excluding hydrogens is 594 g/mol. The van der Waals surface area contributed by atoms with Crippen molar-refractivity contribution in [3.8, 4) is 0 Å². The summed E-state index contributed by atoms with van der Waals surface area (Å²) in [6, 6.07) is 26.4. The summed E-state index contributed by atoms with van der Waals surface area (Å²) >= 11 is 0. The number of esters is 2. The molecule has 0 unspecified atom stereocenters. The van der Waals surface area contributed by atoms with Crippen LogP contribution in [-0.4, -0.2) is 52.9 Å². The van der Waals surface area contributed by atoms with Gasteiger partial charge in [0.05, 0.1) is 11.1 Å². The van der Waals surface area contributed by atoms with Crippen LogP contribution in [0.25, 0.3) is 0 Å². The molecule has 4 aromatic rings. The molecule has 0 aliphatic heterocycles. The molecule has 0 heterocycles. The highest BCUT2D eigenvalue weighted by Crippen LogP contribution is 2.16. The van der Waals surface area contributed by atoms with Gasteiger partial charge in [0.2, 0.25) is 12.2 Å². The third kappa shape index (κ3) is 8.63. The zero-order chi connectivity index (χ0) is 33.2. The van der Waals surface area contributed by atoms with E-state index in [1.165, 1.54) is 48.5 Å². The number of aryl methyl sites for hydroxylation is 2. The van der Waals surface area contributed by atoms with Gasteiger partial charge in [-0.15, -0.1) is 0 Å². The van der Waals surface area contributed by atoms with Gasteiger partial charge in [-0.05, 0) is 74.5 Å². The van der Waals surface area contributed by atoms with Gasteiger partial charge in [-0.1, -0.05) is 53.6 Å². The SMILES string of the molecule is Cc1cccc(C(=O)O[C@H](C(=O)O)[C@H](OC(=O)c2cccc(C)c2)C(=O)NNC(=O)c2ccc(NC(=O)c3ccccc3)cc2)c1. The molecule has 0 bridgehead atoms. The first kappa shape index (κ1) is 32.6. The van der Waals surface area contributed by atoms with Crippen molar-refractivity contribution in [3.05, 3.63) is 137 Å². The van der Waals surface area contributed by atoms with Gasteiger partial charge in [-0.2, -0.15) is 0 Å². The Balaban J connectivity index is 1.48. The van der Waals surface area contributed by atoms with Crippen molar-refractivity contribution in [2.45, 2.75) is 26.1 Å². The number of ether oxygens (including phenoxy) is 2. The summed E-state index contributed by atoms with van der Waals surface area (Å²) in [7, 11) is 0. The number of hydrogen-bond donors (Lipinski definition) is 4. The Morgan fingerprint density at radius 3 is 1.59 bits per heavy atom. The summed E-state index contributed by atoms with van der Waals surface area (Å²) in [5, 5.41) is 12.6. The maximum absolute atomic E-state index is 13.2. The quantitative estimate of drug-likeness (QED) is 0.151. The minimum Gasteiger partial charge on any atom is -0.478 e. The Hall–Kier alpha value is -6.30. The van der Waals surface area contributed by atoms with Crippen molar-refractivity contribution >= 4 is 41.3 Å². The smallest absolute Gasteiger partial charge is 0.349 e. The van der Waals surface area contributed by atoms with Crippen LogP contribution in [0.5, 0.6) is 0 Å². The molecular formula is C34H29N3O9. The van der Waals surface area contributed by atoms with Crippen LogP contribution < -0.4 is 16.2 Å². The molecule has 234 valence electrons. The fourth-order valence-corrected chi connectivity index (χ4v) is 4.16. The van der Waals surface area contributed by atoms with Crippen molar-refractivity contribution in [1.82, 2.24) is 10.9 Å². The maximum Gasteiger partial charge on any atom is 0.349 e. The van der Waals surface area contributed by atoms with Gasteiger partial charge in [0.25, 0.3) is 17.7 Å². The number of carboxylic acids is 1. The molecule has 0 spiro atoms. The van der Waals surface area contributed by atoms with Crippen LogP contribution in [0, 0.1) is 13.8 Å². The Kier molecular flexibility index (Phi) is 10.6. The summed E-state index contributed by atoms with van der Waals surface area (Å²) < 4.78 is 10.4. The number of carbonyl (C=O) groups is 6. The summed E-state index contributed by atoms with van der Waals surface area (Å²) in [4.78, 5) is 76.4. The molecule has 0 aliphatic rings. The number of amides is 3. The average molecular weight is 624 g/mol. The number of hydrogen-bond acceptors (Lipinski definition) is 8. The van der Waals surface area contributed by atoms with E-state index in [1.807, 2.05) is 5.43 Å². The molecule has 2 atom stereocenters. The number of carbonyl (C=O) groups excluding carboxylic acids is 5. The zero-order valence-electron chi connectivity index (χ0n) is 24.7. The van der Waals surface area contributed by atoms with Gasteiger partial charge in [0.1, 0.15) is 0 Å². The summed E-state index contributed by atoms with van der Waals surface area (Å²) in [5.41, 5.74) is 6.45. The van der Waals surface area contributed by atoms with Gasteiger partial charge in [0, 0.05) is 16.8 Å². The number of carboxylic acid groups (broad SMARTS) is 1. The molecule has 0 fully saturated rings. The first-order valence-corrected chi connectivity index (χ1v) is 13.9.